The van der Waals surface area contributed by atoms with Crippen LogP contribution in [0.15, 0.2) is 12.1 Å². The Morgan fingerprint density at radius 3 is 2.50 bits per heavy atom. The largest absolute Gasteiger partial charge is 0.494 e. The highest BCUT2D eigenvalue weighted by atomic mass is 35.5. The van der Waals surface area contributed by atoms with E-state index >= 15 is 0 Å². The molecule has 0 aliphatic rings. The van der Waals surface area contributed by atoms with E-state index in [1.165, 1.54) is 14.2 Å². The van der Waals surface area contributed by atoms with Gasteiger partial charge in [0.05, 0.1) is 32.7 Å². The molecular formula is C13H19ClN2O5S. The summed E-state index contributed by atoms with van der Waals surface area (Å²) in [6.45, 7) is 1.88. The molecule has 1 amide bonds. The highest BCUT2D eigenvalue weighted by Gasteiger charge is 2.22. The van der Waals surface area contributed by atoms with E-state index in [9.17, 15) is 13.2 Å². The zero-order chi connectivity index (χ0) is 16.9. The fourth-order valence-electron chi connectivity index (χ4n) is 1.80. The minimum Gasteiger partial charge on any atom is -0.494 e. The van der Waals surface area contributed by atoms with E-state index in [2.05, 4.69) is 10.1 Å². The molecule has 0 atom stereocenters. The van der Waals surface area contributed by atoms with Gasteiger partial charge in [-0.15, -0.1) is 0 Å². The van der Waals surface area contributed by atoms with E-state index in [0.717, 1.165) is 10.6 Å². The molecule has 7 nitrogen and oxygen atoms in total. The van der Waals surface area contributed by atoms with E-state index in [1.54, 1.807) is 19.1 Å². The van der Waals surface area contributed by atoms with Gasteiger partial charge in [0.25, 0.3) is 0 Å². The molecule has 0 fully saturated rings. The molecule has 0 saturated heterocycles. The average Bonchev–Trinajstić information content (AvgIpc) is 2.44. The van der Waals surface area contributed by atoms with Gasteiger partial charge >= 0.3 is 6.09 Å². The maximum Gasteiger partial charge on any atom is 0.406 e. The Labute approximate surface area is 135 Å². The molecular weight excluding hydrogens is 332 g/mol. The third-order valence-corrected chi connectivity index (χ3v) is 4.49. The first-order chi connectivity index (χ1) is 10.2. The fraction of sp³-hybridized carbons (Fsp3) is 0.462. The number of carbonyl (C=O) groups excluding carboxylic acids is 1. The van der Waals surface area contributed by atoms with Crippen LogP contribution < -0.4 is 14.4 Å². The molecule has 0 heterocycles. The smallest absolute Gasteiger partial charge is 0.406 e. The van der Waals surface area contributed by atoms with Gasteiger partial charge in [0.15, 0.2) is 0 Å². The van der Waals surface area contributed by atoms with E-state index in [4.69, 9.17) is 16.3 Å². The lowest BCUT2D eigenvalue weighted by Gasteiger charge is -2.25. The van der Waals surface area contributed by atoms with Gasteiger partial charge in [0.1, 0.15) is 5.75 Å². The predicted molar refractivity (Wildman–Crippen MR) is 85.3 cm³/mol. The number of halogens is 1. The average molecular weight is 351 g/mol. The Morgan fingerprint density at radius 2 is 2.00 bits per heavy atom. The number of carbonyl (C=O) groups is 1. The maximum atomic E-state index is 12.0. The molecule has 0 bridgehead atoms. The SMILES string of the molecule is COC(=O)NCCN(c1cc(C)c(Cl)cc1OC)S(C)(=O)=O. The summed E-state index contributed by atoms with van der Waals surface area (Å²) in [7, 11) is -0.907. The van der Waals surface area contributed by atoms with Crippen LogP contribution in [0, 0.1) is 6.92 Å². The number of amides is 1. The third-order valence-electron chi connectivity index (χ3n) is 2.90. The van der Waals surface area contributed by atoms with Crippen molar-refractivity contribution >= 4 is 33.4 Å². The van der Waals surface area contributed by atoms with Gasteiger partial charge in [-0.25, -0.2) is 13.2 Å². The van der Waals surface area contributed by atoms with Crippen molar-refractivity contribution in [3.63, 3.8) is 0 Å². The Morgan fingerprint density at radius 1 is 1.36 bits per heavy atom. The maximum absolute atomic E-state index is 12.0. The lowest BCUT2D eigenvalue weighted by molar-refractivity contribution is 0.171. The van der Waals surface area contributed by atoms with E-state index < -0.39 is 16.1 Å². The molecule has 0 aliphatic heterocycles. The molecule has 0 saturated carbocycles. The van der Waals surface area contributed by atoms with Crippen molar-refractivity contribution in [1.82, 2.24) is 5.32 Å². The molecule has 0 radical (unpaired) electrons. The van der Waals surface area contributed by atoms with Crippen molar-refractivity contribution in [2.75, 3.05) is 37.9 Å². The molecule has 0 aromatic heterocycles. The highest BCUT2D eigenvalue weighted by molar-refractivity contribution is 7.92. The second-order valence-electron chi connectivity index (χ2n) is 4.53. The van der Waals surface area contributed by atoms with Gasteiger partial charge in [-0.05, 0) is 18.6 Å². The zero-order valence-corrected chi connectivity index (χ0v) is 14.4. The predicted octanol–water partition coefficient (Wildman–Crippen LogP) is 1.78. The number of methoxy groups -OCH3 is 2. The summed E-state index contributed by atoms with van der Waals surface area (Å²) in [6, 6.07) is 3.18. The first kappa shape index (κ1) is 18.4. The van der Waals surface area contributed by atoms with Crippen molar-refractivity contribution in [2.45, 2.75) is 6.92 Å². The first-order valence-electron chi connectivity index (χ1n) is 6.34. The number of hydrogen-bond acceptors (Lipinski definition) is 5. The molecule has 1 N–H and O–H groups in total. The molecule has 0 spiro atoms. The van der Waals surface area contributed by atoms with Crippen LogP contribution in [-0.2, 0) is 14.8 Å². The Bertz CT molecular complexity index is 648. The van der Waals surface area contributed by atoms with Gasteiger partial charge in [-0.3, -0.25) is 4.31 Å². The number of anilines is 1. The number of alkyl carbamates (subject to hydrolysis) is 1. The van der Waals surface area contributed by atoms with Gasteiger partial charge in [0.2, 0.25) is 10.0 Å². The molecule has 22 heavy (non-hydrogen) atoms. The van der Waals surface area contributed by atoms with E-state index in [1.807, 2.05) is 0 Å². The quantitative estimate of drug-likeness (QED) is 0.845. The van der Waals surface area contributed by atoms with Crippen LogP contribution in [0.2, 0.25) is 5.02 Å². The number of rotatable bonds is 6. The van der Waals surface area contributed by atoms with Crippen LogP contribution in [0.25, 0.3) is 0 Å². The number of aryl methyl sites for hydroxylation is 1. The Kier molecular flexibility index (Phi) is 6.31. The second-order valence-corrected chi connectivity index (χ2v) is 6.84. The first-order valence-corrected chi connectivity index (χ1v) is 8.57. The van der Waals surface area contributed by atoms with Crippen molar-refractivity contribution in [1.29, 1.82) is 0 Å². The zero-order valence-electron chi connectivity index (χ0n) is 12.8. The summed E-state index contributed by atoms with van der Waals surface area (Å²) in [5, 5.41) is 2.91. The molecule has 124 valence electrons. The minimum absolute atomic E-state index is 0.0331. The van der Waals surface area contributed by atoms with Gasteiger partial charge in [-0.1, -0.05) is 11.6 Å². The topological polar surface area (TPSA) is 84.9 Å². The normalized spacial score (nSPS) is 11.0. The number of hydrogen-bond donors (Lipinski definition) is 1. The minimum atomic E-state index is -3.57. The molecule has 9 heteroatoms. The number of sulfonamides is 1. The molecule has 0 aliphatic carbocycles. The molecule has 1 aromatic carbocycles. The second kappa shape index (κ2) is 7.55. The summed E-state index contributed by atoms with van der Waals surface area (Å²) in [4.78, 5) is 11.1. The van der Waals surface area contributed by atoms with Crippen molar-refractivity contribution in [3.8, 4) is 5.75 Å². The Balaban J connectivity index is 3.13. The van der Waals surface area contributed by atoms with Gasteiger partial charge in [-0.2, -0.15) is 0 Å². The summed E-state index contributed by atoms with van der Waals surface area (Å²) < 4.78 is 34.9. The lowest BCUT2D eigenvalue weighted by atomic mass is 10.2. The summed E-state index contributed by atoms with van der Waals surface area (Å²) in [5.74, 6) is 0.332. The van der Waals surface area contributed by atoms with E-state index in [-0.39, 0.29) is 13.1 Å². The van der Waals surface area contributed by atoms with Crippen LogP contribution in [-0.4, -0.2) is 48.1 Å². The van der Waals surface area contributed by atoms with Crippen molar-refractivity contribution < 1.29 is 22.7 Å². The molecule has 0 unspecified atom stereocenters. The van der Waals surface area contributed by atoms with Crippen molar-refractivity contribution in [2.24, 2.45) is 0 Å². The third kappa shape index (κ3) is 4.67. The highest BCUT2D eigenvalue weighted by Crippen LogP contribution is 2.34. The number of ether oxygens (including phenoxy) is 2. The van der Waals surface area contributed by atoms with Crippen LogP contribution >= 0.6 is 11.6 Å². The van der Waals surface area contributed by atoms with Crippen LogP contribution in [0.5, 0.6) is 5.75 Å². The summed E-state index contributed by atoms with van der Waals surface area (Å²) in [6.07, 6.45) is 0.446. The van der Waals surface area contributed by atoms with E-state index in [0.29, 0.717) is 22.0 Å². The van der Waals surface area contributed by atoms with Gasteiger partial charge < -0.3 is 14.8 Å². The van der Waals surface area contributed by atoms with Crippen LogP contribution in [0.3, 0.4) is 0 Å². The van der Waals surface area contributed by atoms with Gasteiger partial charge in [0, 0.05) is 17.6 Å². The lowest BCUT2D eigenvalue weighted by Crippen LogP contribution is -2.38. The summed E-state index contributed by atoms with van der Waals surface area (Å²) >= 11 is 6.03. The van der Waals surface area contributed by atoms with Crippen LogP contribution in [0.1, 0.15) is 5.56 Å². The monoisotopic (exact) mass is 350 g/mol. The van der Waals surface area contributed by atoms with Crippen LogP contribution in [0.4, 0.5) is 10.5 Å². The molecule has 1 aromatic rings. The summed E-state index contributed by atoms with van der Waals surface area (Å²) in [5.41, 5.74) is 1.07. The van der Waals surface area contributed by atoms with Crippen molar-refractivity contribution in [3.05, 3.63) is 22.7 Å². The number of nitrogens with zero attached hydrogens (tertiary/aromatic N) is 1. The number of benzene rings is 1. The fourth-order valence-corrected chi connectivity index (χ4v) is 2.88. The Hall–Kier alpha value is -1.67. The number of nitrogens with one attached hydrogen (secondary N) is 1. The standard InChI is InChI=1S/C13H19ClN2O5S/c1-9-7-11(12(20-2)8-10(9)14)16(22(4,18)19)6-5-15-13(17)21-3/h7-8H,5-6H2,1-4H3,(H,15,17). The molecule has 1 rings (SSSR count).